The first-order chi connectivity index (χ1) is 15.7. The first-order valence-corrected chi connectivity index (χ1v) is 9.57. The van der Waals surface area contributed by atoms with Gasteiger partial charge in [-0.15, -0.1) is 0 Å². The number of halogens is 3. The molecule has 3 N–H and O–H groups in total. The summed E-state index contributed by atoms with van der Waals surface area (Å²) in [5, 5.41) is 4.99. The van der Waals surface area contributed by atoms with Crippen molar-refractivity contribution in [1.82, 2.24) is 20.3 Å². The van der Waals surface area contributed by atoms with E-state index in [1.807, 2.05) is 0 Å². The summed E-state index contributed by atoms with van der Waals surface area (Å²) in [7, 11) is 1.48. The van der Waals surface area contributed by atoms with Gasteiger partial charge in [-0.3, -0.25) is 19.9 Å². The summed E-state index contributed by atoms with van der Waals surface area (Å²) in [6.45, 7) is 0. The average molecular weight is 455 g/mol. The molecule has 2 aromatic carbocycles. The molecule has 168 valence electrons. The number of H-pyrrole nitrogens is 1. The number of hydrogen-bond donors (Lipinski definition) is 3. The highest BCUT2D eigenvalue weighted by Crippen LogP contribution is 2.31. The highest BCUT2D eigenvalue weighted by molar-refractivity contribution is 6.04. The number of fused-ring (bicyclic) bond motifs is 1. The molecule has 2 aromatic heterocycles. The maximum atomic E-state index is 12.9. The molecule has 2 heterocycles. The number of ether oxygens (including phenoxy) is 1. The van der Waals surface area contributed by atoms with Crippen molar-refractivity contribution in [2.75, 3.05) is 12.4 Å². The molecule has 0 spiro atoms. The number of rotatable bonds is 5. The molecule has 8 nitrogen and oxygen atoms in total. The second-order valence-corrected chi connectivity index (χ2v) is 6.86. The standard InChI is InChI=1S/C22H16F3N5O3/c1-26-20(32)18-11-15(7-8-27-18)33-14-4-2-3-12(9-14)19(31)30-21-28-16-6-5-13(22(23,24)25)10-17(16)29-21/h2-11H,1H3,(H,26,32)(H2,28,29,30,31). The fourth-order valence-electron chi connectivity index (χ4n) is 2.98. The van der Waals surface area contributed by atoms with Gasteiger partial charge in [0.2, 0.25) is 5.95 Å². The second-order valence-electron chi connectivity index (χ2n) is 6.86. The summed E-state index contributed by atoms with van der Waals surface area (Å²) < 4.78 is 44.4. The largest absolute Gasteiger partial charge is 0.457 e. The monoisotopic (exact) mass is 455 g/mol. The quantitative estimate of drug-likeness (QED) is 0.414. The summed E-state index contributed by atoms with van der Waals surface area (Å²) in [5.41, 5.74) is -0.0197. The van der Waals surface area contributed by atoms with Gasteiger partial charge in [0.1, 0.15) is 17.2 Å². The SMILES string of the molecule is CNC(=O)c1cc(Oc2cccc(C(=O)Nc3nc4cc(C(F)(F)F)ccc4[nH]3)c2)ccn1. The highest BCUT2D eigenvalue weighted by atomic mass is 19.4. The summed E-state index contributed by atoms with van der Waals surface area (Å²) in [6.07, 6.45) is -3.07. The van der Waals surface area contributed by atoms with E-state index in [2.05, 4.69) is 25.6 Å². The number of imidazole rings is 1. The Balaban J connectivity index is 1.51. The Bertz CT molecular complexity index is 1350. The molecule has 0 radical (unpaired) electrons. The van der Waals surface area contributed by atoms with Gasteiger partial charge in [0.15, 0.2) is 0 Å². The van der Waals surface area contributed by atoms with Crippen LogP contribution in [0.15, 0.2) is 60.8 Å². The summed E-state index contributed by atoms with van der Waals surface area (Å²) in [4.78, 5) is 35.1. The predicted octanol–water partition coefficient (Wildman–Crippen LogP) is 4.38. The molecule has 0 saturated heterocycles. The lowest BCUT2D eigenvalue weighted by atomic mass is 10.2. The van der Waals surface area contributed by atoms with E-state index in [-0.39, 0.29) is 28.6 Å². The zero-order chi connectivity index (χ0) is 23.6. The van der Waals surface area contributed by atoms with Gasteiger partial charge >= 0.3 is 6.18 Å². The van der Waals surface area contributed by atoms with Gasteiger partial charge in [-0.2, -0.15) is 13.2 Å². The number of carbonyl (C=O) groups is 2. The van der Waals surface area contributed by atoms with Gasteiger partial charge in [-0.05, 0) is 42.5 Å². The number of benzene rings is 2. The lowest BCUT2D eigenvalue weighted by Gasteiger charge is -2.08. The zero-order valence-electron chi connectivity index (χ0n) is 17.0. The van der Waals surface area contributed by atoms with Crippen LogP contribution in [0.2, 0.25) is 0 Å². The molecule has 0 aliphatic rings. The molecule has 0 bridgehead atoms. The zero-order valence-corrected chi connectivity index (χ0v) is 17.0. The normalized spacial score (nSPS) is 11.3. The van der Waals surface area contributed by atoms with Crippen LogP contribution in [0.4, 0.5) is 19.1 Å². The number of hydrogen-bond acceptors (Lipinski definition) is 5. The lowest BCUT2D eigenvalue weighted by molar-refractivity contribution is -0.137. The van der Waals surface area contributed by atoms with Crippen molar-refractivity contribution in [2.45, 2.75) is 6.18 Å². The van der Waals surface area contributed by atoms with Crippen molar-refractivity contribution in [3.8, 4) is 11.5 Å². The Morgan fingerprint density at radius 2 is 1.79 bits per heavy atom. The number of carbonyl (C=O) groups excluding carboxylic acids is 2. The van der Waals surface area contributed by atoms with Gasteiger partial charge in [0.05, 0.1) is 16.6 Å². The molecule has 11 heteroatoms. The van der Waals surface area contributed by atoms with Crippen LogP contribution >= 0.6 is 0 Å². The molecule has 4 rings (SSSR count). The first-order valence-electron chi connectivity index (χ1n) is 9.57. The van der Waals surface area contributed by atoms with Crippen LogP contribution in [0.3, 0.4) is 0 Å². The number of nitrogens with zero attached hydrogens (tertiary/aromatic N) is 2. The molecular weight excluding hydrogens is 439 g/mol. The minimum atomic E-state index is -4.49. The summed E-state index contributed by atoms with van der Waals surface area (Å²) in [6, 6.07) is 12.3. The van der Waals surface area contributed by atoms with E-state index in [1.165, 1.54) is 37.5 Å². The number of anilines is 1. The van der Waals surface area contributed by atoms with Crippen LogP contribution in [0, 0.1) is 0 Å². The van der Waals surface area contributed by atoms with Crippen LogP contribution in [-0.4, -0.2) is 33.8 Å². The first kappa shape index (κ1) is 21.8. The fraction of sp³-hybridized carbons (Fsp3) is 0.0909. The Labute approximate surface area is 184 Å². The van der Waals surface area contributed by atoms with E-state index < -0.39 is 17.6 Å². The van der Waals surface area contributed by atoms with Crippen LogP contribution in [0.1, 0.15) is 26.4 Å². The Kier molecular flexibility index (Phi) is 5.69. The highest BCUT2D eigenvalue weighted by Gasteiger charge is 2.30. The third kappa shape index (κ3) is 4.92. The van der Waals surface area contributed by atoms with E-state index in [4.69, 9.17) is 4.74 Å². The molecule has 0 aliphatic heterocycles. The second kappa shape index (κ2) is 8.61. The van der Waals surface area contributed by atoms with Crippen molar-refractivity contribution in [2.24, 2.45) is 0 Å². The molecule has 0 unspecified atom stereocenters. The Hall–Kier alpha value is -4.41. The van der Waals surface area contributed by atoms with E-state index in [1.54, 1.807) is 18.2 Å². The molecular formula is C22H16F3N5O3. The van der Waals surface area contributed by atoms with Gasteiger partial charge in [-0.1, -0.05) is 6.07 Å². The molecule has 0 atom stereocenters. The molecule has 2 amide bonds. The van der Waals surface area contributed by atoms with Crippen LogP contribution in [0.25, 0.3) is 11.0 Å². The number of amides is 2. The number of aromatic amines is 1. The summed E-state index contributed by atoms with van der Waals surface area (Å²) >= 11 is 0. The smallest absolute Gasteiger partial charge is 0.416 e. The Morgan fingerprint density at radius 1 is 1.00 bits per heavy atom. The fourth-order valence-corrected chi connectivity index (χ4v) is 2.98. The van der Waals surface area contributed by atoms with Crippen LogP contribution in [-0.2, 0) is 6.18 Å². The average Bonchev–Trinajstić information content (AvgIpc) is 3.19. The van der Waals surface area contributed by atoms with Crippen molar-refractivity contribution in [1.29, 1.82) is 0 Å². The van der Waals surface area contributed by atoms with Crippen LogP contribution < -0.4 is 15.4 Å². The number of alkyl halides is 3. The minimum Gasteiger partial charge on any atom is -0.457 e. The molecule has 4 aromatic rings. The maximum absolute atomic E-state index is 12.9. The topological polar surface area (TPSA) is 109 Å². The van der Waals surface area contributed by atoms with Gasteiger partial charge < -0.3 is 15.0 Å². The summed E-state index contributed by atoms with van der Waals surface area (Å²) in [5.74, 6) is -0.238. The van der Waals surface area contributed by atoms with Crippen LogP contribution in [0.5, 0.6) is 11.5 Å². The molecule has 0 saturated carbocycles. The third-order valence-corrected chi connectivity index (χ3v) is 4.57. The van der Waals surface area contributed by atoms with E-state index in [0.717, 1.165) is 12.1 Å². The van der Waals surface area contributed by atoms with E-state index in [9.17, 15) is 22.8 Å². The number of nitrogens with one attached hydrogen (secondary N) is 3. The van der Waals surface area contributed by atoms with E-state index >= 15 is 0 Å². The molecule has 0 fully saturated rings. The lowest BCUT2D eigenvalue weighted by Crippen LogP contribution is -2.18. The van der Waals surface area contributed by atoms with Crippen molar-refractivity contribution < 1.29 is 27.5 Å². The molecule has 33 heavy (non-hydrogen) atoms. The van der Waals surface area contributed by atoms with Crippen molar-refractivity contribution >= 4 is 28.8 Å². The van der Waals surface area contributed by atoms with Crippen molar-refractivity contribution in [3.05, 3.63) is 77.6 Å². The van der Waals surface area contributed by atoms with Gasteiger partial charge in [-0.25, -0.2) is 4.98 Å². The van der Waals surface area contributed by atoms with E-state index in [0.29, 0.717) is 17.0 Å². The predicted molar refractivity (Wildman–Crippen MR) is 113 cm³/mol. The number of aromatic nitrogens is 3. The maximum Gasteiger partial charge on any atom is 0.416 e. The van der Waals surface area contributed by atoms with Gasteiger partial charge in [0, 0.05) is 24.9 Å². The number of pyridine rings is 1. The Morgan fingerprint density at radius 3 is 2.55 bits per heavy atom. The third-order valence-electron chi connectivity index (χ3n) is 4.57. The van der Waals surface area contributed by atoms with Crippen molar-refractivity contribution in [3.63, 3.8) is 0 Å². The molecule has 0 aliphatic carbocycles. The minimum absolute atomic E-state index is 0.00463. The van der Waals surface area contributed by atoms with Gasteiger partial charge in [0.25, 0.3) is 11.8 Å².